The van der Waals surface area contributed by atoms with Crippen molar-refractivity contribution in [2.75, 3.05) is 0 Å². The fraction of sp³-hybridized carbons (Fsp3) is 0.889. The molecule has 0 saturated carbocycles. The molecule has 0 N–H and O–H groups in total. The van der Waals surface area contributed by atoms with Gasteiger partial charge in [-0.05, 0) is 6.42 Å². The van der Waals surface area contributed by atoms with Crippen LogP contribution in [0.4, 0.5) is 0 Å². The molecule has 1 nitrogen and oxygen atoms in total. The molecular formula is C18H33N. The van der Waals surface area contributed by atoms with Crippen LogP contribution in [0.3, 0.4) is 0 Å². The third-order valence-electron chi connectivity index (χ3n) is 3.73. The molecule has 0 heterocycles. The van der Waals surface area contributed by atoms with Gasteiger partial charge in [-0.3, -0.25) is 0 Å². The van der Waals surface area contributed by atoms with Crippen LogP contribution in [-0.2, 0) is 0 Å². The molecule has 0 aromatic rings. The van der Waals surface area contributed by atoms with E-state index in [0.29, 0.717) is 0 Å². The predicted octanol–water partition coefficient (Wildman–Crippen LogP) is 5.89. The molecule has 19 heavy (non-hydrogen) atoms. The summed E-state index contributed by atoms with van der Waals surface area (Å²) in [4.78, 5) is 0. The minimum Gasteiger partial charge on any atom is -0.0878 e. The highest BCUT2D eigenvalue weighted by Crippen LogP contribution is 2.13. The number of hydrogen-bond donors (Lipinski definition) is 0. The van der Waals surface area contributed by atoms with Gasteiger partial charge in [-0.15, -0.1) is 0 Å². The van der Waals surface area contributed by atoms with Gasteiger partial charge in [-0.1, -0.05) is 102 Å². The Morgan fingerprint density at radius 1 is 0.579 bits per heavy atom. The average Bonchev–Trinajstić information content (AvgIpc) is 2.43. The molecule has 0 aliphatic rings. The standard InChI is InChI=1S/C18H33N/c1-2-3-4-5-6-7-8-9-10-11-12-13-14-15-16-17-18-19/h2-16H2,1H3. The monoisotopic (exact) mass is 263 g/mol. The quantitative estimate of drug-likeness (QED) is 0.275. The molecule has 0 rings (SSSR count). The number of unbranched alkanes of at least 4 members (excludes halogenated alkanes) is 14. The second-order valence-electron chi connectivity index (χ2n) is 5.63. The Labute approximate surface area is 121 Å². The van der Waals surface area contributed by atoms with E-state index in [-0.39, 0.29) is 0 Å². The number of hydrogen-bond acceptors (Lipinski definition) is 0. The lowest BCUT2D eigenvalue weighted by molar-refractivity contribution is 0.536. The molecular weight excluding hydrogens is 230 g/mol. The highest BCUT2D eigenvalue weighted by atomic mass is 14.4. The van der Waals surface area contributed by atoms with Crippen LogP contribution >= 0.6 is 0 Å². The van der Waals surface area contributed by atoms with Gasteiger partial charge in [0.05, 0.1) is 6.04 Å². The van der Waals surface area contributed by atoms with Gasteiger partial charge in [-0.25, -0.2) is 0 Å². The van der Waals surface area contributed by atoms with Crippen LogP contribution in [0.25, 0.3) is 0 Å². The van der Waals surface area contributed by atoms with E-state index in [4.69, 9.17) is 5.73 Å². The van der Waals surface area contributed by atoms with Crippen molar-refractivity contribution in [2.24, 2.45) is 0 Å². The van der Waals surface area contributed by atoms with E-state index in [1.54, 1.807) is 0 Å². The molecule has 0 atom stereocenters. The van der Waals surface area contributed by atoms with Gasteiger partial charge in [0.15, 0.2) is 0 Å². The van der Waals surface area contributed by atoms with Crippen molar-refractivity contribution in [1.29, 1.82) is 0 Å². The van der Waals surface area contributed by atoms with E-state index in [1.807, 2.05) is 6.04 Å². The summed E-state index contributed by atoms with van der Waals surface area (Å²) in [5.74, 6) is 2.70. The second-order valence-corrected chi connectivity index (χ2v) is 5.63. The minimum absolute atomic E-state index is 0.856. The normalized spacial score (nSPS) is 10.2. The average molecular weight is 263 g/mol. The van der Waals surface area contributed by atoms with Gasteiger partial charge in [0.1, 0.15) is 0 Å². The lowest BCUT2D eigenvalue weighted by Gasteiger charge is -2.02. The lowest BCUT2D eigenvalue weighted by atomic mass is 10.0. The van der Waals surface area contributed by atoms with E-state index in [9.17, 15) is 0 Å². The highest BCUT2D eigenvalue weighted by Gasteiger charge is 1.93. The fourth-order valence-electron chi connectivity index (χ4n) is 2.46. The summed E-state index contributed by atoms with van der Waals surface area (Å²) in [6.07, 6.45) is 20.3. The molecule has 0 spiro atoms. The highest BCUT2D eigenvalue weighted by molar-refractivity contribution is 4.92. The van der Waals surface area contributed by atoms with Crippen molar-refractivity contribution in [3.8, 4) is 12.0 Å². The Kier molecular flexibility index (Phi) is 16.8. The molecule has 0 aromatic carbocycles. The van der Waals surface area contributed by atoms with Gasteiger partial charge in [0, 0.05) is 6.42 Å². The third kappa shape index (κ3) is 17.4. The Morgan fingerprint density at radius 2 is 0.947 bits per heavy atom. The van der Waals surface area contributed by atoms with Crippen molar-refractivity contribution in [3.05, 3.63) is 0 Å². The smallest absolute Gasteiger partial charge is 0.0584 e. The molecule has 0 saturated heterocycles. The molecule has 0 fully saturated rings. The van der Waals surface area contributed by atoms with Crippen molar-refractivity contribution >= 4 is 0 Å². The molecule has 0 unspecified atom stereocenters. The van der Waals surface area contributed by atoms with Crippen LogP contribution in [0.2, 0.25) is 0 Å². The van der Waals surface area contributed by atoms with Crippen LogP contribution in [0.1, 0.15) is 103 Å². The maximum atomic E-state index is 8.31. The van der Waals surface area contributed by atoms with Crippen LogP contribution < -0.4 is 5.73 Å². The molecule has 0 amide bonds. The Bertz CT molecular complexity index is 211. The predicted molar refractivity (Wildman–Crippen MR) is 84.8 cm³/mol. The van der Waals surface area contributed by atoms with Gasteiger partial charge in [-0.2, -0.15) is 0 Å². The molecule has 2 radical (unpaired) electrons. The summed E-state index contributed by atoms with van der Waals surface area (Å²) in [6, 6.07) is 1.96. The van der Waals surface area contributed by atoms with Crippen molar-refractivity contribution in [3.63, 3.8) is 0 Å². The molecule has 0 aromatic heterocycles. The van der Waals surface area contributed by atoms with E-state index in [0.717, 1.165) is 12.8 Å². The maximum absolute atomic E-state index is 8.31. The van der Waals surface area contributed by atoms with Crippen LogP contribution in [0, 0.1) is 12.0 Å². The maximum Gasteiger partial charge on any atom is 0.0584 e. The second kappa shape index (κ2) is 17.4. The molecule has 110 valence electrons. The third-order valence-corrected chi connectivity index (χ3v) is 3.73. The summed E-state index contributed by atoms with van der Waals surface area (Å²) in [5, 5.41) is 0. The van der Waals surface area contributed by atoms with Crippen molar-refractivity contribution in [1.82, 2.24) is 5.73 Å². The number of rotatable bonds is 14. The summed E-state index contributed by atoms with van der Waals surface area (Å²) < 4.78 is 0. The van der Waals surface area contributed by atoms with Gasteiger partial charge in [0.2, 0.25) is 0 Å². The molecule has 0 aliphatic carbocycles. The van der Waals surface area contributed by atoms with Crippen molar-refractivity contribution in [2.45, 2.75) is 103 Å². The van der Waals surface area contributed by atoms with Gasteiger partial charge in [0.25, 0.3) is 0 Å². The van der Waals surface area contributed by atoms with E-state index >= 15 is 0 Å². The van der Waals surface area contributed by atoms with E-state index in [2.05, 4.69) is 12.8 Å². The molecule has 0 aliphatic heterocycles. The van der Waals surface area contributed by atoms with Gasteiger partial charge >= 0.3 is 0 Å². The summed E-state index contributed by atoms with van der Waals surface area (Å²) in [5.41, 5.74) is 8.31. The summed E-state index contributed by atoms with van der Waals surface area (Å²) >= 11 is 0. The fourth-order valence-corrected chi connectivity index (χ4v) is 2.46. The molecule has 0 bridgehead atoms. The van der Waals surface area contributed by atoms with Crippen molar-refractivity contribution < 1.29 is 0 Å². The molecule has 1 heteroatoms. The zero-order valence-corrected chi connectivity index (χ0v) is 13.1. The van der Waals surface area contributed by atoms with Gasteiger partial charge < -0.3 is 0 Å². The zero-order valence-electron chi connectivity index (χ0n) is 13.1. The van der Waals surface area contributed by atoms with E-state index in [1.165, 1.54) is 83.5 Å². The van der Waals surface area contributed by atoms with Crippen LogP contribution in [0.5, 0.6) is 0 Å². The van der Waals surface area contributed by atoms with Crippen LogP contribution in [-0.4, -0.2) is 0 Å². The Balaban J connectivity index is 2.92. The zero-order chi connectivity index (χ0) is 14.0. The Morgan fingerprint density at radius 3 is 1.32 bits per heavy atom. The number of nitrogens with zero attached hydrogens (tertiary/aromatic N) is 1. The minimum atomic E-state index is 0.856. The first kappa shape index (κ1) is 18.4. The first-order chi connectivity index (χ1) is 9.41. The van der Waals surface area contributed by atoms with Crippen LogP contribution in [0.15, 0.2) is 0 Å². The summed E-state index contributed by atoms with van der Waals surface area (Å²) in [7, 11) is 0. The largest absolute Gasteiger partial charge is 0.0878 e. The topological polar surface area (TPSA) is 22.3 Å². The lowest BCUT2D eigenvalue weighted by Crippen LogP contribution is -1.83. The summed E-state index contributed by atoms with van der Waals surface area (Å²) in [6.45, 7) is 2.28. The SMILES string of the molecule is CCCCCCCCCCCCCCCCC#C[N]. The van der Waals surface area contributed by atoms with E-state index < -0.39 is 0 Å². The Hall–Kier alpha value is -0.640. The first-order valence-electron chi connectivity index (χ1n) is 8.53. The first-order valence-corrected chi connectivity index (χ1v) is 8.53.